The van der Waals surface area contributed by atoms with E-state index in [1.54, 1.807) is 21.3 Å². The number of rotatable bonds is 6. The zero-order valence-electron chi connectivity index (χ0n) is 14.1. The molecular weight excluding hydrogens is 326 g/mol. The summed E-state index contributed by atoms with van der Waals surface area (Å²) >= 11 is 5.89. The number of nitrogens with zero attached hydrogens (tertiary/aromatic N) is 1. The van der Waals surface area contributed by atoms with Crippen LogP contribution in [0.4, 0.5) is 0 Å². The lowest BCUT2D eigenvalue weighted by Crippen LogP contribution is -2.36. The van der Waals surface area contributed by atoms with E-state index < -0.39 is 0 Å². The SMILES string of the molecule is CN=C(NCc1ccc(Cl)cc1)NCc1ccc(OC)c(OC)c1. The second-order valence-electron chi connectivity index (χ2n) is 5.10. The van der Waals surface area contributed by atoms with Crippen LogP contribution in [-0.2, 0) is 13.1 Å². The summed E-state index contributed by atoms with van der Waals surface area (Å²) in [6, 6.07) is 13.5. The van der Waals surface area contributed by atoms with E-state index in [1.165, 1.54) is 0 Å². The van der Waals surface area contributed by atoms with Gasteiger partial charge in [-0.15, -0.1) is 0 Å². The van der Waals surface area contributed by atoms with Gasteiger partial charge in [0.2, 0.25) is 0 Å². The highest BCUT2D eigenvalue weighted by Gasteiger charge is 2.05. The van der Waals surface area contributed by atoms with Crippen molar-refractivity contribution in [2.75, 3.05) is 21.3 Å². The van der Waals surface area contributed by atoms with Crippen molar-refractivity contribution in [2.45, 2.75) is 13.1 Å². The minimum absolute atomic E-state index is 0.626. The molecule has 2 rings (SSSR count). The average molecular weight is 348 g/mol. The normalized spacial score (nSPS) is 11.1. The molecule has 0 spiro atoms. The number of nitrogens with one attached hydrogen (secondary N) is 2. The fraction of sp³-hybridized carbons (Fsp3) is 0.278. The van der Waals surface area contributed by atoms with Crippen molar-refractivity contribution >= 4 is 17.6 Å². The topological polar surface area (TPSA) is 54.9 Å². The van der Waals surface area contributed by atoms with Crippen molar-refractivity contribution < 1.29 is 9.47 Å². The van der Waals surface area contributed by atoms with E-state index in [0.717, 1.165) is 22.1 Å². The Hall–Kier alpha value is -2.40. The van der Waals surface area contributed by atoms with Gasteiger partial charge in [0.25, 0.3) is 0 Å². The van der Waals surface area contributed by atoms with E-state index in [1.807, 2.05) is 42.5 Å². The number of guanidine groups is 1. The molecule has 0 unspecified atom stereocenters. The molecule has 0 aliphatic rings. The van der Waals surface area contributed by atoms with Crippen LogP contribution in [-0.4, -0.2) is 27.2 Å². The molecule has 2 N–H and O–H groups in total. The van der Waals surface area contributed by atoms with Crippen LogP contribution in [0.1, 0.15) is 11.1 Å². The summed E-state index contributed by atoms with van der Waals surface area (Å²) in [4.78, 5) is 4.22. The third kappa shape index (κ3) is 5.06. The Morgan fingerprint density at radius 3 is 2.08 bits per heavy atom. The van der Waals surface area contributed by atoms with Gasteiger partial charge < -0.3 is 20.1 Å². The van der Waals surface area contributed by atoms with Gasteiger partial charge in [-0.25, -0.2) is 0 Å². The quantitative estimate of drug-likeness (QED) is 0.622. The molecule has 128 valence electrons. The van der Waals surface area contributed by atoms with E-state index in [0.29, 0.717) is 24.6 Å². The third-order valence-corrected chi connectivity index (χ3v) is 3.76. The maximum absolute atomic E-state index is 5.89. The maximum Gasteiger partial charge on any atom is 0.191 e. The van der Waals surface area contributed by atoms with Gasteiger partial charge in [0.05, 0.1) is 14.2 Å². The summed E-state index contributed by atoms with van der Waals surface area (Å²) in [5.74, 6) is 2.15. The first-order chi connectivity index (χ1) is 11.7. The summed E-state index contributed by atoms with van der Waals surface area (Å²) in [5.41, 5.74) is 2.20. The molecule has 5 nitrogen and oxygen atoms in total. The molecule has 0 radical (unpaired) electrons. The zero-order chi connectivity index (χ0) is 17.4. The van der Waals surface area contributed by atoms with Crippen LogP contribution in [0.3, 0.4) is 0 Å². The van der Waals surface area contributed by atoms with Gasteiger partial charge in [-0.3, -0.25) is 4.99 Å². The lowest BCUT2D eigenvalue weighted by molar-refractivity contribution is 0.354. The molecule has 0 aliphatic heterocycles. The van der Waals surface area contributed by atoms with Crippen molar-refractivity contribution in [3.8, 4) is 11.5 Å². The summed E-state index contributed by atoms with van der Waals surface area (Å²) < 4.78 is 10.6. The lowest BCUT2D eigenvalue weighted by atomic mass is 10.2. The fourth-order valence-electron chi connectivity index (χ4n) is 2.19. The van der Waals surface area contributed by atoms with Crippen LogP contribution in [0, 0.1) is 0 Å². The molecule has 0 amide bonds. The predicted molar refractivity (Wildman–Crippen MR) is 98.0 cm³/mol. The molecule has 24 heavy (non-hydrogen) atoms. The first-order valence-corrected chi connectivity index (χ1v) is 7.94. The van der Waals surface area contributed by atoms with E-state index in [4.69, 9.17) is 21.1 Å². The van der Waals surface area contributed by atoms with Gasteiger partial charge in [-0.05, 0) is 35.4 Å². The first kappa shape index (κ1) is 17.9. The highest BCUT2D eigenvalue weighted by Crippen LogP contribution is 2.27. The molecular formula is C18H22ClN3O2. The molecule has 0 aliphatic carbocycles. The molecule has 0 saturated heterocycles. The zero-order valence-corrected chi connectivity index (χ0v) is 14.9. The van der Waals surface area contributed by atoms with Crippen LogP contribution in [0.25, 0.3) is 0 Å². The molecule has 0 saturated carbocycles. The average Bonchev–Trinajstić information content (AvgIpc) is 2.63. The van der Waals surface area contributed by atoms with Crippen molar-refractivity contribution in [2.24, 2.45) is 4.99 Å². The van der Waals surface area contributed by atoms with Gasteiger partial charge in [-0.2, -0.15) is 0 Å². The maximum atomic E-state index is 5.89. The molecule has 0 aromatic heterocycles. The minimum atomic E-state index is 0.626. The molecule has 0 bridgehead atoms. The number of methoxy groups -OCH3 is 2. The smallest absolute Gasteiger partial charge is 0.191 e. The highest BCUT2D eigenvalue weighted by atomic mass is 35.5. The Morgan fingerprint density at radius 2 is 1.50 bits per heavy atom. The number of hydrogen-bond donors (Lipinski definition) is 2. The Bertz CT molecular complexity index is 687. The number of ether oxygens (including phenoxy) is 2. The molecule has 0 atom stereocenters. The molecule has 2 aromatic rings. The third-order valence-electron chi connectivity index (χ3n) is 3.50. The van der Waals surface area contributed by atoms with Gasteiger partial charge in [0.1, 0.15) is 0 Å². The highest BCUT2D eigenvalue weighted by molar-refractivity contribution is 6.30. The fourth-order valence-corrected chi connectivity index (χ4v) is 2.31. The van der Waals surface area contributed by atoms with Crippen LogP contribution < -0.4 is 20.1 Å². The Morgan fingerprint density at radius 1 is 0.917 bits per heavy atom. The van der Waals surface area contributed by atoms with Crippen molar-refractivity contribution in [3.63, 3.8) is 0 Å². The van der Waals surface area contributed by atoms with Crippen molar-refractivity contribution in [3.05, 3.63) is 58.6 Å². The second-order valence-corrected chi connectivity index (χ2v) is 5.53. The summed E-state index contributed by atoms with van der Waals surface area (Å²) in [6.45, 7) is 1.30. The molecule has 6 heteroatoms. The number of aliphatic imine (C=N–C) groups is 1. The largest absolute Gasteiger partial charge is 0.493 e. The van der Waals surface area contributed by atoms with E-state index in [2.05, 4.69) is 15.6 Å². The predicted octanol–water partition coefficient (Wildman–Crippen LogP) is 3.22. The minimum Gasteiger partial charge on any atom is -0.493 e. The number of halogens is 1. The molecule has 2 aromatic carbocycles. The van der Waals surface area contributed by atoms with Gasteiger partial charge in [0.15, 0.2) is 17.5 Å². The van der Waals surface area contributed by atoms with Gasteiger partial charge in [-0.1, -0.05) is 29.8 Å². The van der Waals surface area contributed by atoms with E-state index in [9.17, 15) is 0 Å². The number of benzene rings is 2. The summed E-state index contributed by atoms with van der Waals surface area (Å²) in [5, 5.41) is 7.27. The second kappa shape index (κ2) is 9.03. The van der Waals surface area contributed by atoms with Crippen LogP contribution in [0.2, 0.25) is 5.02 Å². The van der Waals surface area contributed by atoms with Crippen molar-refractivity contribution in [1.29, 1.82) is 0 Å². The standard InChI is InChI=1S/C18H22ClN3O2/c1-20-18(21-11-13-4-7-15(19)8-5-13)22-12-14-6-9-16(23-2)17(10-14)24-3/h4-10H,11-12H2,1-3H3,(H2,20,21,22). The van der Waals surface area contributed by atoms with Gasteiger partial charge in [0, 0.05) is 25.2 Å². The lowest BCUT2D eigenvalue weighted by Gasteiger charge is -2.13. The van der Waals surface area contributed by atoms with Crippen LogP contribution >= 0.6 is 11.6 Å². The Kier molecular flexibility index (Phi) is 6.75. The summed E-state index contributed by atoms with van der Waals surface area (Å²) in [6.07, 6.45) is 0. The first-order valence-electron chi connectivity index (χ1n) is 7.56. The van der Waals surface area contributed by atoms with Gasteiger partial charge >= 0.3 is 0 Å². The van der Waals surface area contributed by atoms with E-state index >= 15 is 0 Å². The number of hydrogen-bond acceptors (Lipinski definition) is 3. The van der Waals surface area contributed by atoms with Crippen LogP contribution in [0.15, 0.2) is 47.5 Å². The van der Waals surface area contributed by atoms with E-state index in [-0.39, 0.29) is 0 Å². The summed E-state index contributed by atoms with van der Waals surface area (Å²) in [7, 11) is 4.99. The monoisotopic (exact) mass is 347 g/mol. The van der Waals surface area contributed by atoms with Crippen molar-refractivity contribution in [1.82, 2.24) is 10.6 Å². The Labute approximate surface area is 147 Å². The van der Waals surface area contributed by atoms with Crippen LogP contribution in [0.5, 0.6) is 11.5 Å². The molecule has 0 heterocycles. The molecule has 0 fully saturated rings. The Balaban J connectivity index is 1.90.